The third-order valence-electron chi connectivity index (χ3n) is 6.20. The maximum atomic E-state index is 12.5. The number of rotatable bonds is 4. The molecule has 0 radical (unpaired) electrons. The van der Waals surface area contributed by atoms with Gasteiger partial charge in [0, 0.05) is 50.2 Å². The first-order valence-corrected chi connectivity index (χ1v) is 11.6. The van der Waals surface area contributed by atoms with Crippen LogP contribution in [-0.4, -0.2) is 71.5 Å². The van der Waals surface area contributed by atoms with Crippen LogP contribution in [-0.2, 0) is 4.79 Å². The molecule has 2 aromatic heterocycles. The summed E-state index contributed by atoms with van der Waals surface area (Å²) in [6.45, 7) is 8.03. The topological polar surface area (TPSA) is 52.6 Å². The number of carbonyl (C=O) groups excluding carboxylic acids is 1. The van der Waals surface area contributed by atoms with E-state index in [2.05, 4.69) is 56.3 Å². The fourth-order valence-electron chi connectivity index (χ4n) is 4.42. The highest BCUT2D eigenvalue weighted by Gasteiger charge is 2.25. The van der Waals surface area contributed by atoms with Crippen molar-refractivity contribution in [1.82, 2.24) is 19.8 Å². The van der Waals surface area contributed by atoms with Gasteiger partial charge in [-0.15, -0.1) is 11.3 Å². The van der Waals surface area contributed by atoms with Crippen molar-refractivity contribution in [3.05, 3.63) is 41.5 Å². The van der Waals surface area contributed by atoms with Gasteiger partial charge in [0.2, 0.25) is 5.91 Å². The molecule has 30 heavy (non-hydrogen) atoms. The molecule has 2 aliphatic rings. The number of hydrogen-bond donors (Lipinski definition) is 0. The standard InChI is InChI=1S/C23H27N5OS/c1-17-4-6-18(7-5-17)19-15-30-23-21(19)22(24-16-25-23)28-12-10-26(11-13-28)14-20(29)27-8-2-3-9-27/h4-7,15-16H,2-3,8-14H2,1H3. The molecule has 2 saturated heterocycles. The Morgan fingerprint density at radius 1 is 1.00 bits per heavy atom. The Morgan fingerprint density at radius 3 is 2.47 bits per heavy atom. The first kappa shape index (κ1) is 19.5. The van der Waals surface area contributed by atoms with Crippen LogP contribution in [0.1, 0.15) is 18.4 Å². The summed E-state index contributed by atoms with van der Waals surface area (Å²) in [6, 6.07) is 8.65. The van der Waals surface area contributed by atoms with Crippen molar-refractivity contribution in [3.63, 3.8) is 0 Å². The number of aromatic nitrogens is 2. The quantitative estimate of drug-likeness (QED) is 0.646. The molecule has 1 aromatic carbocycles. The van der Waals surface area contributed by atoms with Gasteiger partial charge in [-0.05, 0) is 25.3 Å². The number of hydrogen-bond acceptors (Lipinski definition) is 6. The van der Waals surface area contributed by atoms with Gasteiger partial charge in [-0.25, -0.2) is 9.97 Å². The summed E-state index contributed by atoms with van der Waals surface area (Å²) in [5.74, 6) is 1.30. The van der Waals surface area contributed by atoms with E-state index in [0.29, 0.717) is 6.54 Å². The van der Waals surface area contributed by atoms with Crippen molar-refractivity contribution < 1.29 is 4.79 Å². The number of carbonyl (C=O) groups is 1. The van der Waals surface area contributed by atoms with E-state index in [-0.39, 0.29) is 5.91 Å². The summed E-state index contributed by atoms with van der Waals surface area (Å²) < 4.78 is 0. The minimum atomic E-state index is 0.282. The zero-order valence-corrected chi connectivity index (χ0v) is 18.2. The largest absolute Gasteiger partial charge is 0.353 e. The third-order valence-corrected chi connectivity index (χ3v) is 7.09. The molecule has 2 aliphatic heterocycles. The molecule has 1 amide bonds. The molecule has 6 nitrogen and oxygen atoms in total. The monoisotopic (exact) mass is 421 g/mol. The van der Waals surface area contributed by atoms with Gasteiger partial charge in [0.15, 0.2) is 0 Å². The van der Waals surface area contributed by atoms with Crippen LogP contribution in [0.2, 0.25) is 0 Å². The average molecular weight is 422 g/mol. The van der Waals surface area contributed by atoms with Gasteiger partial charge in [0.1, 0.15) is 17.0 Å². The second kappa shape index (κ2) is 8.32. The highest BCUT2D eigenvalue weighted by molar-refractivity contribution is 7.17. The minimum Gasteiger partial charge on any atom is -0.353 e. The molecule has 4 heterocycles. The molecule has 0 N–H and O–H groups in total. The Bertz CT molecular complexity index is 1030. The third kappa shape index (κ3) is 3.79. The zero-order valence-electron chi connectivity index (χ0n) is 17.4. The van der Waals surface area contributed by atoms with Crippen LogP contribution in [0.5, 0.6) is 0 Å². The predicted molar refractivity (Wildman–Crippen MR) is 122 cm³/mol. The molecule has 5 rings (SSSR count). The molecular formula is C23H27N5OS. The van der Waals surface area contributed by atoms with E-state index >= 15 is 0 Å². The number of aryl methyl sites for hydroxylation is 1. The van der Waals surface area contributed by atoms with Gasteiger partial charge < -0.3 is 9.80 Å². The highest BCUT2D eigenvalue weighted by atomic mass is 32.1. The van der Waals surface area contributed by atoms with E-state index in [1.54, 1.807) is 17.7 Å². The van der Waals surface area contributed by atoms with Gasteiger partial charge in [0.05, 0.1) is 11.9 Å². The Labute approximate surface area is 181 Å². The Morgan fingerprint density at radius 2 is 1.73 bits per heavy atom. The molecule has 0 spiro atoms. The van der Waals surface area contributed by atoms with Crippen LogP contribution in [0, 0.1) is 6.92 Å². The van der Waals surface area contributed by atoms with E-state index in [1.807, 2.05) is 4.90 Å². The summed E-state index contributed by atoms with van der Waals surface area (Å²) in [6.07, 6.45) is 3.97. The van der Waals surface area contributed by atoms with Gasteiger partial charge >= 0.3 is 0 Å². The van der Waals surface area contributed by atoms with Crippen molar-refractivity contribution in [2.45, 2.75) is 19.8 Å². The first-order valence-electron chi connectivity index (χ1n) is 10.7. The van der Waals surface area contributed by atoms with Crippen LogP contribution >= 0.6 is 11.3 Å². The molecule has 3 aromatic rings. The molecule has 0 atom stereocenters. The Kier molecular flexibility index (Phi) is 5.39. The molecule has 0 bridgehead atoms. The fraction of sp³-hybridized carbons (Fsp3) is 0.435. The fourth-order valence-corrected chi connectivity index (χ4v) is 5.33. The number of likely N-dealkylation sites (tertiary alicyclic amines) is 1. The molecule has 0 saturated carbocycles. The second-order valence-electron chi connectivity index (χ2n) is 8.24. The number of anilines is 1. The number of piperazine rings is 1. The number of thiophene rings is 1. The van der Waals surface area contributed by atoms with E-state index in [4.69, 9.17) is 0 Å². The minimum absolute atomic E-state index is 0.282. The summed E-state index contributed by atoms with van der Waals surface area (Å²) in [4.78, 5) is 29.4. The first-order chi connectivity index (χ1) is 14.7. The van der Waals surface area contributed by atoms with E-state index in [1.165, 1.54) is 16.7 Å². The van der Waals surface area contributed by atoms with Crippen LogP contribution in [0.4, 0.5) is 5.82 Å². The number of amides is 1. The normalized spacial score (nSPS) is 17.8. The number of benzene rings is 1. The predicted octanol–water partition coefficient (Wildman–Crippen LogP) is 3.41. The van der Waals surface area contributed by atoms with Crippen molar-refractivity contribution in [3.8, 4) is 11.1 Å². The lowest BCUT2D eigenvalue weighted by atomic mass is 10.0. The summed E-state index contributed by atoms with van der Waals surface area (Å²) >= 11 is 1.68. The molecular weight excluding hydrogens is 394 g/mol. The number of nitrogens with zero attached hydrogens (tertiary/aromatic N) is 5. The molecule has 156 valence electrons. The Hall–Kier alpha value is -2.51. The molecule has 7 heteroatoms. The maximum Gasteiger partial charge on any atom is 0.236 e. The highest BCUT2D eigenvalue weighted by Crippen LogP contribution is 2.38. The van der Waals surface area contributed by atoms with Crippen molar-refractivity contribution in [2.75, 3.05) is 50.7 Å². The van der Waals surface area contributed by atoms with Gasteiger partial charge in [0.25, 0.3) is 0 Å². The average Bonchev–Trinajstić information content (AvgIpc) is 3.45. The SMILES string of the molecule is Cc1ccc(-c2csc3ncnc(N4CCN(CC(=O)N5CCCC5)CC4)c23)cc1. The van der Waals surface area contributed by atoms with Gasteiger partial charge in [-0.3, -0.25) is 9.69 Å². The lowest BCUT2D eigenvalue weighted by Crippen LogP contribution is -2.50. The van der Waals surface area contributed by atoms with Crippen LogP contribution in [0.15, 0.2) is 36.0 Å². The van der Waals surface area contributed by atoms with Gasteiger partial charge in [-0.1, -0.05) is 29.8 Å². The summed E-state index contributed by atoms with van der Waals surface area (Å²) in [5, 5.41) is 3.34. The van der Waals surface area contributed by atoms with Crippen molar-refractivity contribution in [1.29, 1.82) is 0 Å². The lowest BCUT2D eigenvalue weighted by molar-refractivity contribution is -0.131. The van der Waals surface area contributed by atoms with Crippen molar-refractivity contribution >= 4 is 33.3 Å². The summed E-state index contributed by atoms with van der Waals surface area (Å²) in [7, 11) is 0. The zero-order chi connectivity index (χ0) is 20.5. The van der Waals surface area contributed by atoms with Crippen LogP contribution in [0.3, 0.4) is 0 Å². The van der Waals surface area contributed by atoms with Crippen molar-refractivity contribution in [2.24, 2.45) is 0 Å². The molecule has 2 fully saturated rings. The molecule has 0 aliphatic carbocycles. The van der Waals surface area contributed by atoms with E-state index < -0.39 is 0 Å². The van der Waals surface area contributed by atoms with E-state index in [0.717, 1.165) is 68.1 Å². The maximum absolute atomic E-state index is 12.5. The smallest absolute Gasteiger partial charge is 0.236 e. The Balaban J connectivity index is 1.34. The van der Waals surface area contributed by atoms with Crippen LogP contribution < -0.4 is 4.90 Å². The lowest BCUT2D eigenvalue weighted by Gasteiger charge is -2.36. The second-order valence-corrected chi connectivity index (χ2v) is 9.10. The van der Waals surface area contributed by atoms with Gasteiger partial charge in [-0.2, -0.15) is 0 Å². The van der Waals surface area contributed by atoms with Crippen LogP contribution in [0.25, 0.3) is 21.3 Å². The molecule has 0 unspecified atom stereocenters. The summed E-state index contributed by atoms with van der Waals surface area (Å²) in [5.41, 5.74) is 3.67. The van der Waals surface area contributed by atoms with E-state index in [9.17, 15) is 4.79 Å². The number of fused-ring (bicyclic) bond motifs is 1.